The van der Waals surface area contributed by atoms with Gasteiger partial charge < -0.3 is 5.73 Å². The Balaban J connectivity index is 2.22. The normalized spacial score (nSPS) is 18.1. The maximum Gasteiger partial charge on any atom is 0.126 e. The van der Waals surface area contributed by atoms with E-state index in [0.717, 1.165) is 25.9 Å². The fourth-order valence-electron chi connectivity index (χ4n) is 3.75. The Hall–Kier alpha value is -0.640. The number of rotatable bonds is 6. The van der Waals surface area contributed by atoms with Crippen LogP contribution in [0.15, 0.2) is 18.2 Å². The molecule has 1 aromatic rings. The van der Waals surface area contributed by atoms with Crippen LogP contribution in [-0.4, -0.2) is 29.6 Å². The standard InChI is InChI=1S/C17H26ClFN2/c1-3-17(4-2,21-9-5-6-10-21)16(20)12-13-11-14(18)7-8-15(13)19/h7-8,11,16H,3-6,9-10,12,20H2,1-2H3. The van der Waals surface area contributed by atoms with Crippen molar-refractivity contribution >= 4 is 11.6 Å². The van der Waals surface area contributed by atoms with E-state index < -0.39 is 0 Å². The first-order chi connectivity index (χ1) is 10.0. The van der Waals surface area contributed by atoms with Crippen LogP contribution in [-0.2, 0) is 6.42 Å². The smallest absolute Gasteiger partial charge is 0.126 e. The minimum absolute atomic E-state index is 0.0365. The molecule has 1 atom stereocenters. The highest BCUT2D eigenvalue weighted by Crippen LogP contribution is 2.32. The second-order valence-electron chi connectivity index (χ2n) is 6.05. The Morgan fingerprint density at radius 3 is 2.48 bits per heavy atom. The number of likely N-dealkylation sites (tertiary alicyclic amines) is 1. The molecule has 2 rings (SSSR count). The van der Waals surface area contributed by atoms with Gasteiger partial charge in [-0.1, -0.05) is 25.4 Å². The average molecular weight is 313 g/mol. The summed E-state index contributed by atoms with van der Waals surface area (Å²) in [6.45, 7) is 6.59. The van der Waals surface area contributed by atoms with Crippen molar-refractivity contribution in [3.8, 4) is 0 Å². The molecule has 1 fully saturated rings. The lowest BCUT2D eigenvalue weighted by molar-refractivity contribution is 0.0765. The van der Waals surface area contributed by atoms with Crippen molar-refractivity contribution < 1.29 is 4.39 Å². The van der Waals surface area contributed by atoms with Crippen molar-refractivity contribution in [1.29, 1.82) is 0 Å². The largest absolute Gasteiger partial charge is 0.326 e. The van der Waals surface area contributed by atoms with Gasteiger partial charge in [-0.15, -0.1) is 0 Å². The molecular weight excluding hydrogens is 287 g/mol. The molecule has 0 amide bonds. The lowest BCUT2D eigenvalue weighted by Crippen LogP contribution is -2.59. The quantitative estimate of drug-likeness (QED) is 0.860. The van der Waals surface area contributed by atoms with Crippen LogP contribution in [0.1, 0.15) is 45.1 Å². The lowest BCUT2D eigenvalue weighted by Gasteiger charge is -2.45. The average Bonchev–Trinajstić information content (AvgIpc) is 2.99. The molecule has 0 spiro atoms. The van der Waals surface area contributed by atoms with Gasteiger partial charge in [0.25, 0.3) is 0 Å². The van der Waals surface area contributed by atoms with E-state index in [1.807, 2.05) is 0 Å². The summed E-state index contributed by atoms with van der Waals surface area (Å²) in [6.07, 6.45) is 4.99. The molecule has 0 aliphatic carbocycles. The molecule has 1 heterocycles. The summed E-state index contributed by atoms with van der Waals surface area (Å²) in [5.41, 5.74) is 7.14. The Morgan fingerprint density at radius 1 is 1.29 bits per heavy atom. The van der Waals surface area contributed by atoms with Crippen molar-refractivity contribution in [1.82, 2.24) is 4.90 Å². The third-order valence-corrected chi connectivity index (χ3v) is 5.33. The van der Waals surface area contributed by atoms with Crippen LogP contribution in [0.25, 0.3) is 0 Å². The van der Waals surface area contributed by atoms with E-state index in [-0.39, 0.29) is 17.4 Å². The van der Waals surface area contributed by atoms with Gasteiger partial charge in [0.1, 0.15) is 5.82 Å². The maximum absolute atomic E-state index is 14.0. The van der Waals surface area contributed by atoms with E-state index in [1.165, 1.54) is 18.9 Å². The molecule has 4 heteroatoms. The molecule has 0 saturated carbocycles. The monoisotopic (exact) mass is 312 g/mol. The number of halogens is 2. The van der Waals surface area contributed by atoms with Crippen LogP contribution in [0.4, 0.5) is 4.39 Å². The summed E-state index contributed by atoms with van der Waals surface area (Å²) in [7, 11) is 0. The van der Waals surface area contributed by atoms with Crippen LogP contribution in [0.3, 0.4) is 0 Å². The second kappa shape index (κ2) is 7.08. The van der Waals surface area contributed by atoms with Crippen LogP contribution in [0.2, 0.25) is 5.02 Å². The molecular formula is C17H26ClFN2. The minimum atomic E-state index is -0.211. The molecule has 1 aliphatic rings. The van der Waals surface area contributed by atoms with Crippen molar-refractivity contribution in [2.24, 2.45) is 5.73 Å². The fourth-order valence-corrected chi connectivity index (χ4v) is 3.94. The van der Waals surface area contributed by atoms with Gasteiger partial charge in [-0.2, -0.15) is 0 Å². The summed E-state index contributed by atoms with van der Waals surface area (Å²) >= 11 is 5.99. The van der Waals surface area contributed by atoms with Gasteiger partial charge in [0.15, 0.2) is 0 Å². The van der Waals surface area contributed by atoms with E-state index in [0.29, 0.717) is 17.0 Å². The first-order valence-corrected chi connectivity index (χ1v) is 8.36. The number of benzene rings is 1. The predicted molar refractivity (Wildman–Crippen MR) is 87.2 cm³/mol. The zero-order chi connectivity index (χ0) is 15.5. The van der Waals surface area contributed by atoms with Crippen molar-refractivity contribution in [3.63, 3.8) is 0 Å². The van der Waals surface area contributed by atoms with E-state index in [1.54, 1.807) is 12.1 Å². The van der Waals surface area contributed by atoms with E-state index in [2.05, 4.69) is 18.7 Å². The highest BCUT2D eigenvalue weighted by Gasteiger charge is 2.40. The number of hydrogen-bond acceptors (Lipinski definition) is 2. The second-order valence-corrected chi connectivity index (χ2v) is 6.49. The molecule has 1 unspecified atom stereocenters. The van der Waals surface area contributed by atoms with Gasteiger partial charge in [0.05, 0.1) is 0 Å². The van der Waals surface area contributed by atoms with E-state index in [9.17, 15) is 4.39 Å². The molecule has 1 saturated heterocycles. The maximum atomic E-state index is 14.0. The summed E-state index contributed by atoms with van der Waals surface area (Å²) in [5.74, 6) is -0.211. The zero-order valence-corrected chi connectivity index (χ0v) is 13.8. The Bertz CT molecular complexity index is 468. The highest BCUT2D eigenvalue weighted by molar-refractivity contribution is 6.30. The number of hydrogen-bond donors (Lipinski definition) is 1. The molecule has 21 heavy (non-hydrogen) atoms. The van der Waals surface area contributed by atoms with Gasteiger partial charge in [-0.05, 0) is 69.0 Å². The Morgan fingerprint density at radius 2 is 1.90 bits per heavy atom. The fraction of sp³-hybridized carbons (Fsp3) is 0.647. The number of nitrogens with zero attached hydrogens (tertiary/aromatic N) is 1. The van der Waals surface area contributed by atoms with Crippen molar-refractivity contribution in [3.05, 3.63) is 34.6 Å². The molecule has 0 radical (unpaired) electrons. The molecule has 118 valence electrons. The molecule has 1 aliphatic heterocycles. The minimum Gasteiger partial charge on any atom is -0.326 e. The van der Waals surface area contributed by atoms with Gasteiger partial charge in [0, 0.05) is 16.6 Å². The molecule has 1 aromatic carbocycles. The SMILES string of the molecule is CCC(CC)(C(N)Cc1cc(Cl)ccc1F)N1CCCC1. The van der Waals surface area contributed by atoms with E-state index >= 15 is 0 Å². The van der Waals surface area contributed by atoms with Gasteiger partial charge in [0.2, 0.25) is 0 Å². The highest BCUT2D eigenvalue weighted by atomic mass is 35.5. The summed E-state index contributed by atoms with van der Waals surface area (Å²) in [6, 6.07) is 4.63. The third kappa shape index (κ3) is 3.41. The van der Waals surface area contributed by atoms with Gasteiger partial charge in [-0.25, -0.2) is 4.39 Å². The Labute approximate surface area is 132 Å². The van der Waals surface area contributed by atoms with Crippen LogP contribution in [0.5, 0.6) is 0 Å². The van der Waals surface area contributed by atoms with Crippen LogP contribution in [0, 0.1) is 5.82 Å². The predicted octanol–water partition coefficient (Wildman–Crippen LogP) is 4.00. The molecule has 2 nitrogen and oxygen atoms in total. The summed E-state index contributed by atoms with van der Waals surface area (Å²) in [4.78, 5) is 2.51. The van der Waals surface area contributed by atoms with Crippen molar-refractivity contribution in [2.45, 2.75) is 57.5 Å². The third-order valence-electron chi connectivity index (χ3n) is 5.10. The number of nitrogens with two attached hydrogens (primary N) is 1. The van der Waals surface area contributed by atoms with E-state index in [4.69, 9.17) is 17.3 Å². The van der Waals surface area contributed by atoms with Crippen molar-refractivity contribution in [2.75, 3.05) is 13.1 Å². The van der Waals surface area contributed by atoms with Crippen LogP contribution < -0.4 is 5.73 Å². The first-order valence-electron chi connectivity index (χ1n) is 7.98. The molecule has 2 N–H and O–H groups in total. The molecule has 0 aromatic heterocycles. The first kappa shape index (κ1) is 16.7. The zero-order valence-electron chi connectivity index (χ0n) is 13.0. The topological polar surface area (TPSA) is 29.3 Å². The summed E-state index contributed by atoms with van der Waals surface area (Å²) < 4.78 is 14.0. The lowest BCUT2D eigenvalue weighted by atomic mass is 9.80. The van der Waals surface area contributed by atoms with Gasteiger partial charge in [-0.3, -0.25) is 4.90 Å². The molecule has 0 bridgehead atoms. The Kier molecular flexibility index (Phi) is 5.64. The van der Waals surface area contributed by atoms with Gasteiger partial charge >= 0.3 is 0 Å². The van der Waals surface area contributed by atoms with Crippen LogP contribution >= 0.6 is 11.6 Å². The summed E-state index contributed by atoms with van der Waals surface area (Å²) in [5, 5.41) is 0.568.